The van der Waals surface area contributed by atoms with E-state index in [-0.39, 0.29) is 12.8 Å². The van der Waals surface area contributed by atoms with E-state index in [0.717, 1.165) is 22.0 Å². The van der Waals surface area contributed by atoms with Crippen LogP contribution in [0, 0.1) is 0 Å². The van der Waals surface area contributed by atoms with E-state index in [2.05, 4.69) is 15.6 Å². The van der Waals surface area contributed by atoms with Crippen LogP contribution in [0.25, 0.3) is 10.9 Å². The number of carbonyl (C=O) groups excluding carboxylic acids is 2. The van der Waals surface area contributed by atoms with Crippen LogP contribution in [0.15, 0.2) is 60.8 Å². The summed E-state index contributed by atoms with van der Waals surface area (Å²) >= 11 is 0. The quantitative estimate of drug-likeness (QED) is 0.266. The number of carboxylic acid groups (broad SMARTS) is 1. The zero-order valence-corrected chi connectivity index (χ0v) is 18.2. The summed E-state index contributed by atoms with van der Waals surface area (Å²) in [6.45, 7) is 1.27. The first-order chi connectivity index (χ1) is 15.8. The Morgan fingerprint density at radius 2 is 1.64 bits per heavy atom. The lowest BCUT2D eigenvalue weighted by Gasteiger charge is -2.24. The Morgan fingerprint density at radius 1 is 0.970 bits per heavy atom. The predicted molar refractivity (Wildman–Crippen MR) is 123 cm³/mol. The summed E-state index contributed by atoms with van der Waals surface area (Å²) in [5.74, 6) is -2.65. The summed E-state index contributed by atoms with van der Waals surface area (Å²) in [6.07, 6.45) is 0.798. The van der Waals surface area contributed by atoms with Crippen molar-refractivity contribution in [3.63, 3.8) is 0 Å². The molecule has 0 bridgehead atoms. The predicted octanol–water partition coefficient (Wildman–Crippen LogP) is 0.715. The number of hydrogen-bond donors (Lipinski definition) is 6. The Bertz CT molecular complexity index is 1110. The molecule has 0 aliphatic rings. The molecule has 2 amide bonds. The van der Waals surface area contributed by atoms with Crippen LogP contribution in [0.4, 0.5) is 0 Å². The summed E-state index contributed by atoms with van der Waals surface area (Å²) in [5, 5.41) is 24.9. The number of para-hydroxylation sites is 1. The van der Waals surface area contributed by atoms with E-state index in [9.17, 15) is 24.6 Å². The van der Waals surface area contributed by atoms with Crippen molar-refractivity contribution in [1.29, 1.82) is 0 Å². The minimum atomic E-state index is -1.52. The number of aliphatic hydroxyl groups is 1. The van der Waals surface area contributed by atoms with Gasteiger partial charge in [0.15, 0.2) is 6.04 Å². The molecule has 0 aliphatic carbocycles. The second-order valence-corrected chi connectivity index (χ2v) is 7.99. The number of aromatic amines is 1. The number of H-pyrrole nitrogens is 1. The Hall–Kier alpha value is -3.69. The number of aliphatic carboxylic acids is 1. The first-order valence-corrected chi connectivity index (χ1v) is 10.6. The van der Waals surface area contributed by atoms with E-state index in [0.29, 0.717) is 0 Å². The van der Waals surface area contributed by atoms with Gasteiger partial charge < -0.3 is 31.6 Å². The van der Waals surface area contributed by atoms with Gasteiger partial charge in [-0.3, -0.25) is 9.59 Å². The van der Waals surface area contributed by atoms with E-state index in [1.165, 1.54) is 6.92 Å². The second kappa shape index (κ2) is 10.8. The SMILES string of the molecule is C[C@@H](O)[C@H](NC(=O)[C@H](Cc1c[nH]c2ccccc12)NC(=O)[C@@H](N)Cc1ccccc1)C(=O)O. The molecule has 0 unspecified atom stereocenters. The molecule has 0 fully saturated rings. The summed E-state index contributed by atoms with van der Waals surface area (Å²) in [7, 11) is 0. The van der Waals surface area contributed by atoms with Gasteiger partial charge in [-0.05, 0) is 30.5 Å². The number of benzene rings is 2. The van der Waals surface area contributed by atoms with Crippen LogP contribution in [0.3, 0.4) is 0 Å². The average Bonchev–Trinajstić information content (AvgIpc) is 3.19. The highest BCUT2D eigenvalue weighted by Crippen LogP contribution is 2.19. The molecule has 9 heteroatoms. The number of nitrogens with one attached hydrogen (secondary N) is 3. The van der Waals surface area contributed by atoms with Gasteiger partial charge >= 0.3 is 5.97 Å². The lowest BCUT2D eigenvalue weighted by molar-refractivity contribution is -0.145. The molecule has 7 N–H and O–H groups in total. The van der Waals surface area contributed by atoms with Gasteiger partial charge in [-0.15, -0.1) is 0 Å². The topological polar surface area (TPSA) is 158 Å². The molecular weight excluding hydrogens is 424 g/mol. The molecule has 33 heavy (non-hydrogen) atoms. The number of nitrogens with two attached hydrogens (primary N) is 1. The number of aliphatic hydroxyl groups excluding tert-OH is 1. The molecule has 1 aromatic heterocycles. The van der Waals surface area contributed by atoms with Gasteiger partial charge in [0.2, 0.25) is 11.8 Å². The fourth-order valence-electron chi connectivity index (χ4n) is 3.61. The van der Waals surface area contributed by atoms with Gasteiger partial charge in [-0.25, -0.2) is 4.79 Å². The normalized spacial score (nSPS) is 14.8. The zero-order chi connectivity index (χ0) is 24.0. The van der Waals surface area contributed by atoms with Crippen molar-refractivity contribution >= 4 is 28.7 Å². The molecular formula is C24H28N4O5. The number of amides is 2. The molecule has 4 atom stereocenters. The van der Waals surface area contributed by atoms with Gasteiger partial charge in [0.05, 0.1) is 12.1 Å². The van der Waals surface area contributed by atoms with Gasteiger partial charge in [0.1, 0.15) is 6.04 Å². The molecule has 3 aromatic rings. The van der Waals surface area contributed by atoms with Gasteiger partial charge in [-0.2, -0.15) is 0 Å². The van der Waals surface area contributed by atoms with Gasteiger partial charge in [0.25, 0.3) is 0 Å². The van der Waals surface area contributed by atoms with Crippen LogP contribution in [0.5, 0.6) is 0 Å². The van der Waals surface area contributed by atoms with Crippen LogP contribution in [-0.2, 0) is 27.2 Å². The standard InChI is InChI=1S/C24H28N4O5/c1-14(29)21(24(32)33)28-23(31)20(12-16-13-26-19-10-6-5-9-17(16)19)27-22(30)18(25)11-15-7-3-2-4-8-15/h2-10,13-14,18,20-21,26,29H,11-12,25H2,1H3,(H,27,30)(H,28,31)(H,32,33)/t14-,18+,20+,21+/m1/s1. The van der Waals surface area contributed by atoms with Gasteiger partial charge in [-0.1, -0.05) is 48.5 Å². The number of fused-ring (bicyclic) bond motifs is 1. The average molecular weight is 453 g/mol. The molecule has 9 nitrogen and oxygen atoms in total. The maximum Gasteiger partial charge on any atom is 0.328 e. The third-order valence-corrected chi connectivity index (χ3v) is 5.41. The van der Waals surface area contributed by atoms with Gasteiger partial charge in [0, 0.05) is 23.5 Å². The van der Waals surface area contributed by atoms with E-state index >= 15 is 0 Å². The molecule has 0 saturated heterocycles. The Kier molecular flexibility index (Phi) is 7.81. The third-order valence-electron chi connectivity index (χ3n) is 5.41. The number of carbonyl (C=O) groups is 3. The number of rotatable bonds is 10. The monoisotopic (exact) mass is 452 g/mol. The van der Waals surface area contributed by atoms with Crippen LogP contribution in [0.1, 0.15) is 18.1 Å². The highest BCUT2D eigenvalue weighted by molar-refractivity contribution is 5.93. The molecule has 1 heterocycles. The molecule has 0 saturated carbocycles. The van der Waals surface area contributed by atoms with Crippen LogP contribution < -0.4 is 16.4 Å². The van der Waals surface area contributed by atoms with Crippen molar-refractivity contribution in [3.8, 4) is 0 Å². The summed E-state index contributed by atoms with van der Waals surface area (Å²) in [6, 6.07) is 13.2. The zero-order valence-electron chi connectivity index (χ0n) is 18.2. The molecule has 0 aliphatic heterocycles. The maximum absolute atomic E-state index is 13.0. The van der Waals surface area contributed by atoms with Crippen molar-refractivity contribution in [1.82, 2.24) is 15.6 Å². The number of hydrogen-bond acceptors (Lipinski definition) is 5. The van der Waals surface area contributed by atoms with Crippen LogP contribution >= 0.6 is 0 Å². The lowest BCUT2D eigenvalue weighted by atomic mass is 10.0. The summed E-state index contributed by atoms with van der Waals surface area (Å²) in [5.41, 5.74) is 8.59. The highest BCUT2D eigenvalue weighted by Gasteiger charge is 2.31. The molecule has 174 valence electrons. The fraction of sp³-hybridized carbons (Fsp3) is 0.292. The fourth-order valence-corrected chi connectivity index (χ4v) is 3.61. The molecule has 0 radical (unpaired) electrons. The van der Waals surface area contributed by atoms with Crippen molar-refractivity contribution in [2.75, 3.05) is 0 Å². The second-order valence-electron chi connectivity index (χ2n) is 7.99. The van der Waals surface area contributed by atoms with Crippen molar-refractivity contribution in [3.05, 3.63) is 71.9 Å². The Labute approximate surface area is 191 Å². The number of aromatic nitrogens is 1. The van der Waals surface area contributed by atoms with Crippen molar-refractivity contribution in [2.24, 2.45) is 5.73 Å². The minimum Gasteiger partial charge on any atom is -0.480 e. The van der Waals surface area contributed by atoms with E-state index in [4.69, 9.17) is 5.73 Å². The molecule has 3 rings (SSSR count). The molecule has 2 aromatic carbocycles. The summed E-state index contributed by atoms with van der Waals surface area (Å²) in [4.78, 5) is 40.4. The molecule has 0 spiro atoms. The largest absolute Gasteiger partial charge is 0.480 e. The van der Waals surface area contributed by atoms with Crippen LogP contribution in [0.2, 0.25) is 0 Å². The smallest absolute Gasteiger partial charge is 0.328 e. The Balaban J connectivity index is 1.80. The van der Waals surface area contributed by atoms with Crippen LogP contribution in [-0.4, -0.2) is 57.2 Å². The van der Waals surface area contributed by atoms with Crippen molar-refractivity contribution in [2.45, 2.75) is 44.0 Å². The van der Waals surface area contributed by atoms with E-state index in [1.54, 1.807) is 6.20 Å². The first kappa shape index (κ1) is 24.0. The third kappa shape index (κ3) is 6.18. The lowest BCUT2D eigenvalue weighted by Crippen LogP contribution is -2.57. The number of carboxylic acids is 1. The highest BCUT2D eigenvalue weighted by atomic mass is 16.4. The summed E-state index contributed by atoms with van der Waals surface area (Å²) < 4.78 is 0. The maximum atomic E-state index is 13.0. The van der Waals surface area contributed by atoms with E-state index in [1.807, 2.05) is 54.6 Å². The Morgan fingerprint density at radius 3 is 2.30 bits per heavy atom. The van der Waals surface area contributed by atoms with E-state index < -0.39 is 42.0 Å². The first-order valence-electron chi connectivity index (χ1n) is 10.6. The minimum absolute atomic E-state index is 0.103. The van der Waals surface area contributed by atoms with Crippen molar-refractivity contribution < 1.29 is 24.6 Å².